The van der Waals surface area contributed by atoms with Crippen LogP contribution in [-0.4, -0.2) is 11.5 Å². The Kier molecular flexibility index (Phi) is 1.27. The van der Waals surface area contributed by atoms with Crippen LogP contribution in [0.1, 0.15) is 17.0 Å². The number of H-pyrrole nitrogens is 1. The van der Waals surface area contributed by atoms with Crippen LogP contribution in [0.2, 0.25) is 0 Å². The van der Waals surface area contributed by atoms with Crippen LogP contribution in [-0.2, 0) is 6.42 Å². The van der Waals surface area contributed by atoms with Crippen molar-refractivity contribution in [2.24, 2.45) is 0 Å². The van der Waals surface area contributed by atoms with Crippen LogP contribution >= 0.6 is 0 Å². The first kappa shape index (κ1) is 5.98. The molecular formula is C8H10N2. The molecule has 0 aliphatic carbocycles. The number of nitrogens with one attached hydrogen (secondary N) is 2. The summed E-state index contributed by atoms with van der Waals surface area (Å²) >= 11 is 0. The Morgan fingerprint density at radius 2 is 2.50 bits per heavy atom. The van der Waals surface area contributed by atoms with Crippen LogP contribution in [0.3, 0.4) is 0 Å². The number of hydrogen-bond donors (Lipinski definition) is 2. The molecule has 2 radical (unpaired) electrons. The molecule has 1 aliphatic heterocycles. The third-order valence-electron chi connectivity index (χ3n) is 1.77. The van der Waals surface area contributed by atoms with E-state index in [0.717, 1.165) is 18.7 Å². The van der Waals surface area contributed by atoms with Gasteiger partial charge in [-0.1, -0.05) is 0 Å². The maximum atomic E-state index is 3.22. The first-order chi connectivity index (χ1) is 4.86. The van der Waals surface area contributed by atoms with Crippen LogP contribution in [0.4, 0.5) is 0 Å². The van der Waals surface area contributed by atoms with E-state index in [2.05, 4.69) is 29.8 Å². The molecule has 2 N–H and O–H groups in total. The highest BCUT2D eigenvalue weighted by molar-refractivity contribution is 5.32. The third kappa shape index (κ3) is 0.847. The molecule has 0 bridgehead atoms. The quantitative estimate of drug-likeness (QED) is 0.541. The number of fused-ring (bicyclic) bond motifs is 1. The lowest BCUT2D eigenvalue weighted by Crippen LogP contribution is -2.20. The van der Waals surface area contributed by atoms with E-state index in [4.69, 9.17) is 0 Å². The molecule has 0 saturated heterocycles. The first-order valence-corrected chi connectivity index (χ1v) is 3.53. The second-order valence-corrected chi connectivity index (χ2v) is 2.65. The second kappa shape index (κ2) is 2.13. The van der Waals surface area contributed by atoms with Gasteiger partial charge in [0.15, 0.2) is 0 Å². The number of aromatic amines is 1. The zero-order valence-corrected chi connectivity index (χ0v) is 5.99. The Labute approximate surface area is 60.6 Å². The number of aryl methyl sites for hydroxylation is 1. The monoisotopic (exact) mass is 134 g/mol. The molecule has 2 heterocycles. The van der Waals surface area contributed by atoms with E-state index < -0.39 is 0 Å². The summed E-state index contributed by atoms with van der Waals surface area (Å²) in [5, 5.41) is 3.07. The standard InChI is InChI=1S/C8H10N2/c1-6-4-7-2-3-9-5-8(7)10-6/h4,9-10H,2-3H2,1H3. The largest absolute Gasteiger partial charge is 0.361 e. The van der Waals surface area contributed by atoms with Gasteiger partial charge < -0.3 is 10.3 Å². The van der Waals surface area contributed by atoms with Gasteiger partial charge in [-0.05, 0) is 25.0 Å². The van der Waals surface area contributed by atoms with E-state index in [1.54, 1.807) is 0 Å². The summed E-state index contributed by atoms with van der Waals surface area (Å²) in [4.78, 5) is 3.22. The lowest BCUT2D eigenvalue weighted by molar-refractivity contribution is 0.746. The minimum absolute atomic E-state index is 1.02. The summed E-state index contributed by atoms with van der Waals surface area (Å²) in [6.45, 7) is 6.17. The molecule has 1 aliphatic rings. The predicted octanol–water partition coefficient (Wildman–Crippen LogP) is 0.856. The third-order valence-corrected chi connectivity index (χ3v) is 1.77. The van der Waals surface area contributed by atoms with Crippen molar-refractivity contribution in [2.75, 3.05) is 6.54 Å². The van der Waals surface area contributed by atoms with Crippen LogP contribution < -0.4 is 5.32 Å². The van der Waals surface area contributed by atoms with Gasteiger partial charge in [0, 0.05) is 17.9 Å². The highest BCUT2D eigenvalue weighted by atomic mass is 14.9. The number of aromatic nitrogens is 1. The summed E-state index contributed by atoms with van der Waals surface area (Å²) in [6.07, 6.45) is 1.12. The van der Waals surface area contributed by atoms with Gasteiger partial charge in [-0.2, -0.15) is 0 Å². The highest BCUT2D eigenvalue weighted by Gasteiger charge is 2.10. The fourth-order valence-electron chi connectivity index (χ4n) is 1.30. The zero-order valence-electron chi connectivity index (χ0n) is 5.99. The Morgan fingerprint density at radius 1 is 1.60 bits per heavy atom. The summed E-state index contributed by atoms with van der Waals surface area (Å²) in [6, 6.07) is 2.18. The molecule has 1 aromatic heterocycles. The molecule has 2 rings (SSSR count). The van der Waals surface area contributed by atoms with Crippen LogP contribution in [0.5, 0.6) is 0 Å². The lowest BCUT2D eigenvalue weighted by atomic mass is 10.1. The summed E-state index contributed by atoms with van der Waals surface area (Å²) in [5.41, 5.74) is 3.74. The predicted molar refractivity (Wildman–Crippen MR) is 39.6 cm³/mol. The molecule has 0 spiro atoms. The summed E-state index contributed by atoms with van der Waals surface area (Å²) in [7, 11) is 0. The van der Waals surface area contributed by atoms with E-state index in [-0.39, 0.29) is 0 Å². The van der Waals surface area contributed by atoms with Crippen LogP contribution in [0.25, 0.3) is 0 Å². The van der Waals surface area contributed by atoms with Gasteiger partial charge in [-0.25, -0.2) is 0 Å². The van der Waals surface area contributed by atoms with Crippen LogP contribution in [0.15, 0.2) is 6.07 Å². The van der Waals surface area contributed by atoms with Crippen molar-refractivity contribution in [1.29, 1.82) is 0 Å². The molecule has 0 saturated carbocycles. The maximum Gasteiger partial charge on any atom is 0.112 e. The maximum absolute atomic E-state index is 3.22. The van der Waals surface area contributed by atoms with Gasteiger partial charge in [-0.15, -0.1) is 0 Å². The van der Waals surface area contributed by atoms with E-state index >= 15 is 0 Å². The van der Waals surface area contributed by atoms with Gasteiger partial charge in [0.1, 0.15) is 6.54 Å². The van der Waals surface area contributed by atoms with Crippen molar-refractivity contribution in [3.8, 4) is 0 Å². The van der Waals surface area contributed by atoms with E-state index in [0.29, 0.717) is 0 Å². The van der Waals surface area contributed by atoms with Gasteiger partial charge >= 0.3 is 0 Å². The van der Waals surface area contributed by atoms with Gasteiger partial charge in [0.2, 0.25) is 0 Å². The molecule has 2 heteroatoms. The van der Waals surface area contributed by atoms with Crippen molar-refractivity contribution < 1.29 is 0 Å². The van der Waals surface area contributed by atoms with E-state index in [1.165, 1.54) is 11.3 Å². The normalized spacial score (nSPS) is 16.9. The summed E-state index contributed by atoms with van der Waals surface area (Å²) in [5.74, 6) is 0. The molecular weight excluding hydrogens is 124 g/mol. The molecule has 10 heavy (non-hydrogen) atoms. The number of rotatable bonds is 0. The molecule has 0 aromatic carbocycles. The highest BCUT2D eigenvalue weighted by Crippen LogP contribution is 2.14. The Balaban J connectivity index is 2.41. The lowest BCUT2D eigenvalue weighted by Gasteiger charge is -2.09. The SMILES string of the molecule is Cc1cc2c([nH]1)[C]NCC2. The van der Waals surface area contributed by atoms with Crippen molar-refractivity contribution >= 4 is 0 Å². The minimum atomic E-state index is 1.02. The molecule has 2 nitrogen and oxygen atoms in total. The Bertz CT molecular complexity index is 214. The molecule has 0 fully saturated rings. The molecule has 0 unspecified atom stereocenters. The summed E-state index contributed by atoms with van der Waals surface area (Å²) < 4.78 is 0. The van der Waals surface area contributed by atoms with Crippen molar-refractivity contribution in [2.45, 2.75) is 13.3 Å². The molecule has 1 aromatic rings. The topological polar surface area (TPSA) is 27.8 Å². The number of hydrogen-bond acceptors (Lipinski definition) is 1. The Hall–Kier alpha value is -0.760. The van der Waals surface area contributed by atoms with Crippen LogP contribution in [0, 0.1) is 13.5 Å². The van der Waals surface area contributed by atoms with Crippen molar-refractivity contribution in [3.05, 3.63) is 29.6 Å². The minimum Gasteiger partial charge on any atom is -0.361 e. The van der Waals surface area contributed by atoms with E-state index in [9.17, 15) is 0 Å². The fraction of sp³-hybridized carbons (Fsp3) is 0.375. The van der Waals surface area contributed by atoms with Crippen molar-refractivity contribution in [3.63, 3.8) is 0 Å². The van der Waals surface area contributed by atoms with Gasteiger partial charge in [-0.3, -0.25) is 0 Å². The average Bonchev–Trinajstić information content (AvgIpc) is 2.27. The average molecular weight is 134 g/mol. The van der Waals surface area contributed by atoms with Gasteiger partial charge in [0.05, 0.1) is 0 Å². The van der Waals surface area contributed by atoms with E-state index in [1.807, 2.05) is 0 Å². The Morgan fingerprint density at radius 3 is 3.30 bits per heavy atom. The smallest absolute Gasteiger partial charge is 0.112 e. The molecule has 0 amide bonds. The fourth-order valence-corrected chi connectivity index (χ4v) is 1.30. The zero-order chi connectivity index (χ0) is 6.97. The molecule has 52 valence electrons. The second-order valence-electron chi connectivity index (χ2n) is 2.65. The molecule has 0 atom stereocenters. The van der Waals surface area contributed by atoms with Crippen molar-refractivity contribution in [1.82, 2.24) is 10.3 Å². The first-order valence-electron chi connectivity index (χ1n) is 3.53. The van der Waals surface area contributed by atoms with Gasteiger partial charge in [0.25, 0.3) is 0 Å².